The highest BCUT2D eigenvalue weighted by Crippen LogP contribution is 2.46. The Bertz CT molecular complexity index is 700. The van der Waals surface area contributed by atoms with Crippen molar-refractivity contribution in [1.29, 1.82) is 0 Å². The number of nitrogens with zero attached hydrogens (tertiary/aromatic N) is 1. The van der Waals surface area contributed by atoms with E-state index in [0.29, 0.717) is 0 Å². The number of amides is 1. The number of hydrogen-bond donors (Lipinski definition) is 1. The number of esters is 1. The summed E-state index contributed by atoms with van der Waals surface area (Å²) in [5.41, 5.74) is -0.0106. The molecule has 3 fully saturated rings. The van der Waals surface area contributed by atoms with Crippen LogP contribution in [0.1, 0.15) is 0 Å². The minimum absolute atomic E-state index is 0.129. The van der Waals surface area contributed by atoms with E-state index in [4.69, 9.17) is 10.5 Å². The van der Waals surface area contributed by atoms with Crippen LogP contribution in [0.15, 0.2) is 0 Å². The van der Waals surface area contributed by atoms with Crippen LogP contribution < -0.4 is 5.73 Å². The highest BCUT2D eigenvalue weighted by atomic mass is 32.2. The van der Waals surface area contributed by atoms with E-state index in [2.05, 4.69) is 8.92 Å². The molecule has 3 rings (SSSR count). The molecule has 0 aromatic heterocycles. The summed E-state index contributed by atoms with van der Waals surface area (Å²) in [6.45, 7) is 0. The molecular weight excluding hydrogens is 393 g/mol. The highest BCUT2D eigenvalue weighted by molar-refractivity contribution is 8.00. The number of halogens is 3. The first kappa shape index (κ1) is 18.7. The number of carbonyl (C=O) groups is 2. The van der Waals surface area contributed by atoms with E-state index in [1.54, 1.807) is 0 Å². The van der Waals surface area contributed by atoms with Crippen molar-refractivity contribution >= 4 is 33.8 Å². The van der Waals surface area contributed by atoms with Crippen LogP contribution in [-0.4, -0.2) is 79.3 Å². The molecule has 3 aliphatic heterocycles. The minimum Gasteiger partial charge on any atom is -0.467 e. The van der Waals surface area contributed by atoms with Gasteiger partial charge in [-0.3, -0.25) is 4.79 Å². The topological polar surface area (TPSA) is 129 Å². The van der Waals surface area contributed by atoms with Crippen LogP contribution in [-0.2, 0) is 33.4 Å². The molecule has 0 aromatic rings. The predicted octanol–water partition coefficient (Wildman–Crippen LogP) is -1.23. The van der Waals surface area contributed by atoms with Gasteiger partial charge in [0.1, 0.15) is 23.6 Å². The van der Waals surface area contributed by atoms with Crippen molar-refractivity contribution in [3.05, 3.63) is 0 Å². The summed E-state index contributed by atoms with van der Waals surface area (Å²) in [7, 11) is -4.97. The second-order valence-corrected chi connectivity index (χ2v) is 8.28. The summed E-state index contributed by atoms with van der Waals surface area (Å²) in [6, 6.07) is -2.53. The lowest BCUT2D eigenvalue weighted by Crippen LogP contribution is -2.55. The summed E-state index contributed by atoms with van der Waals surface area (Å²) >= 11 is 1.17. The smallest absolute Gasteiger partial charge is 0.467 e. The first-order valence-corrected chi connectivity index (χ1v) is 9.37. The molecule has 0 spiro atoms. The maximum atomic E-state index is 12.7. The van der Waals surface area contributed by atoms with Gasteiger partial charge in [0.05, 0.1) is 13.2 Å². The molecule has 0 aliphatic carbocycles. The number of alkyl halides is 3. The lowest BCUT2D eigenvalue weighted by atomic mass is 10.1. The third kappa shape index (κ3) is 2.99. The number of rotatable bonds is 3. The number of thioether (sulfide) groups is 1. The first-order valence-electron chi connectivity index (χ1n) is 6.92. The van der Waals surface area contributed by atoms with Crippen molar-refractivity contribution in [3.8, 4) is 0 Å². The largest absolute Gasteiger partial charge is 0.523 e. The average Bonchev–Trinajstić information content (AvgIpc) is 3.20. The van der Waals surface area contributed by atoms with Gasteiger partial charge < -0.3 is 20.1 Å². The minimum atomic E-state index is -6.06. The van der Waals surface area contributed by atoms with Crippen LogP contribution in [0.5, 0.6) is 0 Å². The Morgan fingerprint density at radius 3 is 2.60 bits per heavy atom. The summed E-state index contributed by atoms with van der Waals surface area (Å²) in [4.78, 5) is 25.4. The fourth-order valence-corrected chi connectivity index (χ4v) is 4.92. The van der Waals surface area contributed by atoms with Gasteiger partial charge in [0.2, 0.25) is 0 Å². The zero-order valence-corrected chi connectivity index (χ0v) is 14.1. The predicted molar refractivity (Wildman–Crippen MR) is 75.4 cm³/mol. The number of nitrogens with two attached hydrogens (primary N) is 1. The molecule has 14 heteroatoms. The Hall–Kier alpha value is -1.09. The Morgan fingerprint density at radius 1 is 1.40 bits per heavy atom. The molecule has 3 heterocycles. The molecule has 0 saturated carbocycles. The van der Waals surface area contributed by atoms with Crippen LogP contribution in [0.4, 0.5) is 13.2 Å². The van der Waals surface area contributed by atoms with Gasteiger partial charge in [-0.15, -0.1) is 11.8 Å². The molecule has 1 amide bonds. The SMILES string of the molecule is COC(=O)[C@@H]1CS[C@@H]2[C@@H]3O[C@@H]3[C@H](N)[C@H](OS(=O)(=O)C(F)(F)F)C(=O)N21. The molecule has 142 valence electrons. The van der Waals surface area contributed by atoms with Crippen LogP contribution in [0.3, 0.4) is 0 Å². The number of ether oxygens (including phenoxy) is 2. The molecule has 6 atom stereocenters. The van der Waals surface area contributed by atoms with E-state index in [0.717, 1.165) is 12.0 Å². The summed E-state index contributed by atoms with van der Waals surface area (Å²) in [5.74, 6) is -1.78. The summed E-state index contributed by atoms with van der Waals surface area (Å²) in [6.07, 6.45) is -3.63. The van der Waals surface area contributed by atoms with Crippen molar-refractivity contribution < 1.29 is 44.8 Å². The normalized spacial score (nSPS) is 38.0. The quantitative estimate of drug-likeness (QED) is 0.265. The third-order valence-corrected chi connectivity index (χ3v) is 6.46. The van der Waals surface area contributed by atoms with E-state index in [1.807, 2.05) is 0 Å². The van der Waals surface area contributed by atoms with Crippen LogP contribution in [0, 0.1) is 0 Å². The molecule has 3 aliphatic rings. The van der Waals surface area contributed by atoms with E-state index in [-0.39, 0.29) is 5.75 Å². The third-order valence-electron chi connectivity index (χ3n) is 4.09. The van der Waals surface area contributed by atoms with E-state index in [1.165, 1.54) is 11.8 Å². The molecule has 25 heavy (non-hydrogen) atoms. The van der Waals surface area contributed by atoms with Gasteiger partial charge in [-0.2, -0.15) is 21.6 Å². The summed E-state index contributed by atoms with van der Waals surface area (Å²) < 4.78 is 74.3. The molecule has 0 aromatic carbocycles. The van der Waals surface area contributed by atoms with E-state index >= 15 is 0 Å². The second kappa shape index (κ2) is 5.97. The standard InChI is InChI=1S/C11H13F3N2O7S2/c1-21-10(18)3-2-24-9-7-5(22-7)4(15)6(8(17)16(3)9)23-25(19,20)11(12,13)14/h3-7,9H,2,15H2,1H3/t3-,4-,5+,6-,7+,9+/m0/s1. The van der Waals surface area contributed by atoms with Gasteiger partial charge in [0.15, 0.2) is 6.10 Å². The van der Waals surface area contributed by atoms with Crippen molar-refractivity contribution in [3.63, 3.8) is 0 Å². The molecule has 3 saturated heterocycles. The molecule has 2 N–H and O–H groups in total. The zero-order valence-electron chi connectivity index (χ0n) is 12.5. The monoisotopic (exact) mass is 406 g/mol. The van der Waals surface area contributed by atoms with Crippen LogP contribution in [0.2, 0.25) is 0 Å². The molecule has 0 unspecified atom stereocenters. The van der Waals surface area contributed by atoms with Crippen molar-refractivity contribution in [2.24, 2.45) is 5.73 Å². The lowest BCUT2D eigenvalue weighted by molar-refractivity contribution is -0.155. The van der Waals surface area contributed by atoms with Crippen LogP contribution in [0.25, 0.3) is 0 Å². The Morgan fingerprint density at radius 2 is 2.04 bits per heavy atom. The lowest BCUT2D eigenvalue weighted by Gasteiger charge is -2.30. The van der Waals surface area contributed by atoms with Gasteiger partial charge in [0, 0.05) is 5.75 Å². The van der Waals surface area contributed by atoms with Gasteiger partial charge in [0.25, 0.3) is 5.91 Å². The fraction of sp³-hybridized carbons (Fsp3) is 0.818. The summed E-state index contributed by atoms with van der Waals surface area (Å²) in [5, 5.41) is -0.685. The number of fused-ring (bicyclic) bond motifs is 3. The molecule has 0 radical (unpaired) electrons. The van der Waals surface area contributed by atoms with Crippen molar-refractivity contribution in [2.75, 3.05) is 12.9 Å². The first-order chi connectivity index (χ1) is 11.5. The van der Waals surface area contributed by atoms with Gasteiger partial charge >= 0.3 is 21.6 Å². The van der Waals surface area contributed by atoms with Crippen LogP contribution >= 0.6 is 11.8 Å². The van der Waals surface area contributed by atoms with Gasteiger partial charge in [-0.1, -0.05) is 0 Å². The fourth-order valence-electron chi connectivity index (χ4n) is 2.83. The zero-order chi connectivity index (χ0) is 18.7. The Balaban J connectivity index is 1.93. The average molecular weight is 406 g/mol. The van der Waals surface area contributed by atoms with Crippen molar-refractivity contribution in [1.82, 2.24) is 4.90 Å². The van der Waals surface area contributed by atoms with E-state index in [9.17, 15) is 31.2 Å². The number of hydrogen-bond acceptors (Lipinski definition) is 9. The maximum absolute atomic E-state index is 12.7. The maximum Gasteiger partial charge on any atom is 0.523 e. The number of carbonyl (C=O) groups excluding carboxylic acids is 2. The van der Waals surface area contributed by atoms with Gasteiger partial charge in [-0.05, 0) is 0 Å². The highest BCUT2D eigenvalue weighted by Gasteiger charge is 2.64. The Labute approximate surface area is 144 Å². The number of epoxide rings is 1. The Kier molecular flexibility index (Phi) is 4.47. The van der Waals surface area contributed by atoms with E-state index < -0.39 is 63.3 Å². The van der Waals surface area contributed by atoms with Gasteiger partial charge in [-0.25, -0.2) is 8.98 Å². The van der Waals surface area contributed by atoms with Crippen molar-refractivity contribution in [2.45, 2.75) is 41.3 Å². The number of methoxy groups -OCH3 is 1. The second-order valence-electron chi connectivity index (χ2n) is 5.57. The molecule has 9 nitrogen and oxygen atoms in total. The molecular formula is C11H13F3N2O7S2. The molecule has 0 bridgehead atoms.